The Bertz CT molecular complexity index is 1090. The minimum absolute atomic E-state index is 0.0679. The number of nitrogens with one attached hydrogen (secondary N) is 1. The van der Waals surface area contributed by atoms with Crippen LogP contribution in [0.2, 0.25) is 0 Å². The van der Waals surface area contributed by atoms with Crippen molar-refractivity contribution in [3.05, 3.63) is 24.3 Å². The van der Waals surface area contributed by atoms with Crippen LogP contribution in [0.5, 0.6) is 0 Å². The molecule has 0 bridgehead atoms. The molecule has 0 spiro atoms. The Balaban J connectivity index is 1.58. The molecule has 2 aliphatic rings. The Labute approximate surface area is 195 Å². The smallest absolute Gasteiger partial charge is 0.410 e. The first kappa shape index (κ1) is 23.7. The van der Waals surface area contributed by atoms with Crippen LogP contribution in [0.4, 0.5) is 25.2 Å². The lowest BCUT2D eigenvalue weighted by molar-refractivity contribution is -0.117. The van der Waals surface area contributed by atoms with E-state index in [1.807, 2.05) is 32.6 Å². The number of carbonyl (C=O) groups is 2. The van der Waals surface area contributed by atoms with Gasteiger partial charge in [0, 0.05) is 37.7 Å². The van der Waals surface area contributed by atoms with E-state index in [1.54, 1.807) is 11.1 Å². The minimum atomic E-state index is -2.76. The van der Waals surface area contributed by atoms with Gasteiger partial charge in [0.15, 0.2) is 0 Å². The topological polar surface area (TPSA) is 113 Å². The molecule has 34 heavy (non-hydrogen) atoms. The number of nitrogens with zero attached hydrogens (tertiary/aromatic N) is 6. The number of aromatic nitrogens is 4. The lowest BCUT2D eigenvalue weighted by Crippen LogP contribution is -2.55. The average molecular weight is 476 g/mol. The summed E-state index contributed by atoms with van der Waals surface area (Å²) >= 11 is 0. The first-order valence-electron chi connectivity index (χ1n) is 11.0. The maximum Gasteiger partial charge on any atom is 0.410 e. The van der Waals surface area contributed by atoms with Crippen molar-refractivity contribution >= 4 is 23.6 Å². The normalized spacial score (nSPS) is 20.7. The van der Waals surface area contributed by atoms with Crippen molar-refractivity contribution in [1.29, 1.82) is 0 Å². The van der Waals surface area contributed by atoms with E-state index in [1.165, 1.54) is 12.5 Å². The Morgan fingerprint density at radius 2 is 2.00 bits per heavy atom. The van der Waals surface area contributed by atoms with Crippen LogP contribution in [-0.4, -0.2) is 74.5 Å². The molecule has 0 aliphatic carbocycles. The predicted octanol–water partition coefficient (Wildman–Crippen LogP) is 3.07. The van der Waals surface area contributed by atoms with Crippen LogP contribution < -0.4 is 10.2 Å². The Hall–Kier alpha value is -3.44. The summed E-state index contributed by atoms with van der Waals surface area (Å²) in [6.45, 7) is 8.82. The number of rotatable bonds is 3. The molecule has 12 heteroatoms. The summed E-state index contributed by atoms with van der Waals surface area (Å²) in [5, 5.41) is 2.54. The average Bonchev–Trinajstić information content (AvgIpc) is 2.76. The summed E-state index contributed by atoms with van der Waals surface area (Å²) in [5.41, 5.74) is 0.0944. The maximum absolute atomic E-state index is 13.8. The molecule has 10 nitrogen and oxygen atoms in total. The fourth-order valence-corrected chi connectivity index (χ4v) is 4.13. The number of hydrogen-bond acceptors (Lipinski definition) is 8. The van der Waals surface area contributed by atoms with Crippen molar-refractivity contribution in [2.75, 3.05) is 29.9 Å². The third-order valence-corrected chi connectivity index (χ3v) is 5.67. The molecule has 1 fully saturated rings. The molecule has 182 valence electrons. The van der Waals surface area contributed by atoms with E-state index >= 15 is 0 Å². The lowest BCUT2D eigenvalue weighted by atomic mass is 9.90. The van der Waals surface area contributed by atoms with Crippen LogP contribution in [0.3, 0.4) is 0 Å². The van der Waals surface area contributed by atoms with Crippen LogP contribution >= 0.6 is 0 Å². The quantitative estimate of drug-likeness (QED) is 0.721. The molecule has 2 amide bonds. The van der Waals surface area contributed by atoms with Crippen LogP contribution in [0.1, 0.15) is 45.6 Å². The molecule has 1 N–H and O–H groups in total. The van der Waals surface area contributed by atoms with Gasteiger partial charge in [-0.3, -0.25) is 9.78 Å². The molecular formula is C22H27F2N7O3. The van der Waals surface area contributed by atoms with Crippen molar-refractivity contribution in [1.82, 2.24) is 24.8 Å². The summed E-state index contributed by atoms with van der Waals surface area (Å²) in [6.07, 6.45) is 0.755. The molecule has 0 unspecified atom stereocenters. The number of piperazine rings is 1. The van der Waals surface area contributed by atoms with Gasteiger partial charge in [0.2, 0.25) is 12.3 Å². The van der Waals surface area contributed by atoms with Gasteiger partial charge in [-0.15, -0.1) is 0 Å². The molecule has 1 saturated heterocycles. The first-order valence-corrected chi connectivity index (χ1v) is 11.0. The van der Waals surface area contributed by atoms with Crippen LogP contribution in [0, 0.1) is 0 Å². The Morgan fingerprint density at radius 3 is 2.68 bits per heavy atom. The van der Waals surface area contributed by atoms with Crippen molar-refractivity contribution in [3.63, 3.8) is 0 Å². The first-order chi connectivity index (χ1) is 16.0. The van der Waals surface area contributed by atoms with Crippen LogP contribution in [-0.2, 0) is 9.53 Å². The molecular weight excluding hydrogens is 448 g/mol. The van der Waals surface area contributed by atoms with E-state index in [0.717, 1.165) is 0 Å². The molecule has 2 aliphatic heterocycles. The van der Waals surface area contributed by atoms with Gasteiger partial charge in [0.1, 0.15) is 29.3 Å². The number of carbonyl (C=O) groups excluding carboxylic acids is 2. The summed E-state index contributed by atoms with van der Waals surface area (Å²) in [4.78, 5) is 45.1. The fourth-order valence-electron chi connectivity index (χ4n) is 4.13. The summed E-state index contributed by atoms with van der Waals surface area (Å²) < 4.78 is 33.0. The number of amides is 2. The summed E-state index contributed by atoms with van der Waals surface area (Å²) in [6, 6.07) is -0.140. The number of fused-ring (bicyclic) bond motifs is 1. The van der Waals surface area contributed by atoms with Crippen LogP contribution in [0.25, 0.3) is 11.4 Å². The Kier molecular flexibility index (Phi) is 6.32. The van der Waals surface area contributed by atoms with E-state index in [-0.39, 0.29) is 35.6 Å². The highest BCUT2D eigenvalue weighted by Gasteiger charge is 2.36. The molecule has 0 aromatic carbocycles. The molecule has 4 rings (SSSR count). The second-order valence-corrected chi connectivity index (χ2v) is 9.41. The van der Waals surface area contributed by atoms with E-state index in [4.69, 9.17) is 4.74 Å². The van der Waals surface area contributed by atoms with Crippen molar-refractivity contribution in [3.8, 4) is 11.4 Å². The lowest BCUT2D eigenvalue weighted by Gasteiger charge is -2.40. The van der Waals surface area contributed by atoms with E-state index in [0.29, 0.717) is 31.1 Å². The van der Waals surface area contributed by atoms with E-state index in [2.05, 4.69) is 25.3 Å². The highest BCUT2D eigenvalue weighted by Crippen LogP contribution is 2.40. The molecule has 4 heterocycles. The van der Waals surface area contributed by atoms with Gasteiger partial charge in [0.25, 0.3) is 0 Å². The fraction of sp³-hybridized carbons (Fsp3) is 0.545. The predicted molar refractivity (Wildman–Crippen MR) is 120 cm³/mol. The molecule has 2 atom stereocenters. The SMILES string of the molecule is C[C@H]1CN(c2cncc(-c3ncnc4c3[C@H](C(F)F)CC(=O)N4)n2)CCN1C(=O)OC(C)(C)C. The van der Waals surface area contributed by atoms with Crippen LogP contribution in [0.15, 0.2) is 18.7 Å². The monoisotopic (exact) mass is 475 g/mol. The number of halogens is 2. The largest absolute Gasteiger partial charge is 0.444 e. The molecule has 0 saturated carbocycles. The zero-order valence-corrected chi connectivity index (χ0v) is 19.5. The Morgan fingerprint density at radius 1 is 1.24 bits per heavy atom. The highest BCUT2D eigenvalue weighted by molar-refractivity contribution is 5.95. The number of alkyl halides is 2. The highest BCUT2D eigenvalue weighted by atomic mass is 19.3. The third kappa shape index (κ3) is 4.90. The maximum atomic E-state index is 13.8. The van der Waals surface area contributed by atoms with Crippen molar-refractivity contribution < 1.29 is 23.1 Å². The molecule has 2 aromatic heterocycles. The summed E-state index contributed by atoms with van der Waals surface area (Å²) in [7, 11) is 0. The van der Waals surface area contributed by atoms with Gasteiger partial charge in [-0.05, 0) is 27.7 Å². The second-order valence-electron chi connectivity index (χ2n) is 9.41. The van der Waals surface area contributed by atoms with Gasteiger partial charge < -0.3 is 19.9 Å². The number of anilines is 2. The van der Waals surface area contributed by atoms with Gasteiger partial charge in [-0.1, -0.05) is 0 Å². The summed E-state index contributed by atoms with van der Waals surface area (Å²) in [5.74, 6) is -1.24. The van der Waals surface area contributed by atoms with Crippen molar-refractivity contribution in [2.45, 2.75) is 58.1 Å². The zero-order chi connectivity index (χ0) is 24.6. The van der Waals surface area contributed by atoms with Gasteiger partial charge >= 0.3 is 6.09 Å². The minimum Gasteiger partial charge on any atom is -0.444 e. The van der Waals surface area contributed by atoms with Gasteiger partial charge in [0.05, 0.1) is 24.0 Å². The van der Waals surface area contributed by atoms with Crippen molar-refractivity contribution in [2.24, 2.45) is 0 Å². The van der Waals surface area contributed by atoms with Gasteiger partial charge in [-0.25, -0.2) is 28.5 Å². The van der Waals surface area contributed by atoms with E-state index < -0.39 is 23.9 Å². The molecule has 2 aromatic rings. The van der Waals surface area contributed by atoms with E-state index in [9.17, 15) is 18.4 Å². The number of ether oxygens (including phenoxy) is 1. The third-order valence-electron chi connectivity index (χ3n) is 5.67. The number of hydrogen-bond donors (Lipinski definition) is 1. The second kappa shape index (κ2) is 9.07. The zero-order valence-electron chi connectivity index (χ0n) is 19.5. The van der Waals surface area contributed by atoms with Gasteiger partial charge in [-0.2, -0.15) is 0 Å². The molecule has 0 radical (unpaired) electrons. The standard InChI is InChI=1S/C22H27F2N7O3/c1-12-10-30(5-6-31(12)21(33)34-22(2,3)4)15-9-25-8-14(28-15)18-17-13(19(23)24)7-16(32)29-20(17)27-11-26-18/h8-9,11-13,19H,5-7,10H2,1-4H3,(H,26,27,29,32)/t12-,13+/m0/s1.